The van der Waals surface area contributed by atoms with Gasteiger partial charge in [0.2, 0.25) is 0 Å². The molecule has 0 radical (unpaired) electrons. The third kappa shape index (κ3) is 1.94. The lowest BCUT2D eigenvalue weighted by atomic mass is 9.49. The van der Waals surface area contributed by atoms with E-state index in [0.29, 0.717) is 5.41 Å². The van der Waals surface area contributed by atoms with Crippen molar-refractivity contribution in [1.82, 2.24) is 4.98 Å². The van der Waals surface area contributed by atoms with Gasteiger partial charge in [-0.2, -0.15) is 5.26 Å². The number of hydrogen-bond donors (Lipinski definition) is 0. The Morgan fingerprint density at radius 3 is 2.37 bits per heavy atom. The molecular formula is C16H18N2S. The third-order valence-corrected chi connectivity index (χ3v) is 6.13. The number of nitriles is 1. The molecule has 4 aliphatic rings. The number of rotatable bonds is 2. The molecule has 0 atom stereocenters. The molecule has 0 saturated heterocycles. The molecule has 4 saturated carbocycles. The van der Waals surface area contributed by atoms with Gasteiger partial charge in [0.05, 0.1) is 5.57 Å². The maximum Gasteiger partial charge on any atom is 0.133 e. The molecule has 1 aromatic heterocycles. The standard InChI is InChI=1S/C16H18N2S/c17-10-14(15-18-1-2-19-15)9-16-6-11-3-12(7-16)5-13(4-11)8-16/h1-2,9,11-13H,3-8H2/b14-9+. The van der Waals surface area contributed by atoms with E-state index in [4.69, 9.17) is 0 Å². The second kappa shape index (κ2) is 4.18. The van der Waals surface area contributed by atoms with Crippen molar-refractivity contribution in [3.63, 3.8) is 0 Å². The van der Waals surface area contributed by atoms with Gasteiger partial charge in [-0.1, -0.05) is 6.08 Å². The largest absolute Gasteiger partial charge is 0.244 e. The van der Waals surface area contributed by atoms with Crippen molar-refractivity contribution >= 4 is 16.9 Å². The Kier molecular flexibility index (Phi) is 2.57. The van der Waals surface area contributed by atoms with Crippen LogP contribution in [0.25, 0.3) is 5.57 Å². The molecule has 0 amide bonds. The van der Waals surface area contributed by atoms with E-state index in [2.05, 4.69) is 17.1 Å². The molecule has 0 aromatic carbocycles. The molecule has 4 bridgehead atoms. The number of hydrogen-bond acceptors (Lipinski definition) is 3. The topological polar surface area (TPSA) is 36.7 Å². The number of allylic oxidation sites excluding steroid dienone is 2. The van der Waals surface area contributed by atoms with Crippen LogP contribution in [0.3, 0.4) is 0 Å². The van der Waals surface area contributed by atoms with Crippen molar-refractivity contribution in [3.8, 4) is 6.07 Å². The van der Waals surface area contributed by atoms with Gasteiger partial charge < -0.3 is 0 Å². The average molecular weight is 270 g/mol. The Morgan fingerprint density at radius 1 is 1.26 bits per heavy atom. The third-order valence-electron chi connectivity index (χ3n) is 5.32. The summed E-state index contributed by atoms with van der Waals surface area (Å²) in [6.07, 6.45) is 12.4. The fraction of sp³-hybridized carbons (Fsp3) is 0.625. The zero-order chi connectivity index (χ0) is 12.9. The van der Waals surface area contributed by atoms with Gasteiger partial charge in [0.1, 0.15) is 11.1 Å². The van der Waals surface area contributed by atoms with Crippen LogP contribution in [0.4, 0.5) is 0 Å². The fourth-order valence-electron chi connectivity index (χ4n) is 5.16. The van der Waals surface area contributed by atoms with Gasteiger partial charge >= 0.3 is 0 Å². The molecular weight excluding hydrogens is 252 g/mol. The van der Waals surface area contributed by atoms with Crippen LogP contribution in [-0.2, 0) is 0 Å². The number of nitrogens with zero attached hydrogens (tertiary/aromatic N) is 2. The van der Waals surface area contributed by atoms with Crippen LogP contribution in [0.15, 0.2) is 17.7 Å². The summed E-state index contributed by atoms with van der Waals surface area (Å²) in [5.74, 6) is 2.79. The quantitative estimate of drug-likeness (QED) is 0.753. The Balaban J connectivity index is 1.70. The van der Waals surface area contributed by atoms with Crippen LogP contribution in [-0.4, -0.2) is 4.98 Å². The molecule has 1 heterocycles. The summed E-state index contributed by atoms with van der Waals surface area (Å²) in [5.41, 5.74) is 1.14. The van der Waals surface area contributed by atoms with Gasteiger partial charge in [0.15, 0.2) is 0 Å². The first-order valence-corrected chi connectivity index (χ1v) is 8.17. The zero-order valence-corrected chi connectivity index (χ0v) is 11.8. The summed E-state index contributed by atoms with van der Waals surface area (Å²) in [6.45, 7) is 0. The first-order chi connectivity index (χ1) is 9.26. The molecule has 4 aliphatic carbocycles. The summed E-state index contributed by atoms with van der Waals surface area (Å²) in [4.78, 5) is 4.31. The molecule has 3 heteroatoms. The van der Waals surface area contributed by atoms with Crippen molar-refractivity contribution in [2.45, 2.75) is 38.5 Å². The second-order valence-corrected chi connectivity index (χ2v) is 7.68. The summed E-state index contributed by atoms with van der Waals surface area (Å²) in [7, 11) is 0. The summed E-state index contributed by atoms with van der Waals surface area (Å²) >= 11 is 1.58. The highest BCUT2D eigenvalue weighted by molar-refractivity contribution is 7.10. The van der Waals surface area contributed by atoms with Crippen LogP contribution in [0, 0.1) is 34.5 Å². The van der Waals surface area contributed by atoms with Crippen molar-refractivity contribution in [1.29, 1.82) is 5.26 Å². The number of aromatic nitrogens is 1. The predicted octanol–water partition coefficient (Wildman–Crippen LogP) is 4.27. The highest BCUT2D eigenvalue weighted by atomic mass is 32.1. The molecule has 19 heavy (non-hydrogen) atoms. The highest BCUT2D eigenvalue weighted by Crippen LogP contribution is 2.61. The number of thiazole rings is 1. The predicted molar refractivity (Wildman–Crippen MR) is 76.3 cm³/mol. The van der Waals surface area contributed by atoms with Crippen LogP contribution < -0.4 is 0 Å². The van der Waals surface area contributed by atoms with E-state index in [0.717, 1.165) is 28.3 Å². The minimum absolute atomic E-state index is 0.325. The molecule has 98 valence electrons. The lowest BCUT2D eigenvalue weighted by Crippen LogP contribution is -2.45. The Labute approximate surface area is 118 Å². The smallest absolute Gasteiger partial charge is 0.133 e. The minimum Gasteiger partial charge on any atom is -0.244 e. The van der Waals surface area contributed by atoms with E-state index in [-0.39, 0.29) is 0 Å². The molecule has 0 aliphatic heterocycles. The monoisotopic (exact) mass is 270 g/mol. The Hall–Kier alpha value is -1.14. The lowest BCUT2D eigenvalue weighted by molar-refractivity contribution is -0.0234. The normalized spacial score (nSPS) is 40.4. The van der Waals surface area contributed by atoms with E-state index >= 15 is 0 Å². The molecule has 0 unspecified atom stereocenters. The van der Waals surface area contributed by atoms with Gasteiger partial charge in [-0.15, -0.1) is 11.3 Å². The molecule has 0 spiro atoms. The highest BCUT2D eigenvalue weighted by Gasteiger charge is 2.50. The fourth-order valence-corrected chi connectivity index (χ4v) is 5.76. The van der Waals surface area contributed by atoms with Gasteiger partial charge in [0.25, 0.3) is 0 Å². The van der Waals surface area contributed by atoms with Gasteiger partial charge in [0, 0.05) is 11.6 Å². The first kappa shape index (κ1) is 11.7. The molecule has 0 N–H and O–H groups in total. The van der Waals surface area contributed by atoms with Crippen LogP contribution >= 0.6 is 11.3 Å². The molecule has 4 fully saturated rings. The van der Waals surface area contributed by atoms with E-state index in [1.807, 2.05) is 5.38 Å². The van der Waals surface area contributed by atoms with E-state index < -0.39 is 0 Å². The van der Waals surface area contributed by atoms with Crippen molar-refractivity contribution in [2.75, 3.05) is 0 Å². The summed E-state index contributed by atoms with van der Waals surface area (Å²) in [5, 5.41) is 12.3. The van der Waals surface area contributed by atoms with E-state index in [1.165, 1.54) is 38.5 Å². The lowest BCUT2D eigenvalue weighted by Gasteiger charge is -2.55. The zero-order valence-electron chi connectivity index (χ0n) is 11.0. The second-order valence-electron chi connectivity index (χ2n) is 6.79. The molecule has 1 aromatic rings. The minimum atomic E-state index is 0.325. The van der Waals surface area contributed by atoms with Crippen molar-refractivity contribution in [2.24, 2.45) is 23.2 Å². The summed E-state index contributed by atoms with van der Waals surface area (Å²) in [6, 6.07) is 2.39. The maximum absolute atomic E-state index is 9.45. The van der Waals surface area contributed by atoms with Gasteiger partial charge in [-0.25, -0.2) is 4.98 Å². The molecule has 5 rings (SSSR count). The van der Waals surface area contributed by atoms with E-state index in [9.17, 15) is 5.26 Å². The molecule has 2 nitrogen and oxygen atoms in total. The summed E-state index contributed by atoms with van der Waals surface area (Å²) < 4.78 is 0. The van der Waals surface area contributed by atoms with Gasteiger partial charge in [-0.3, -0.25) is 0 Å². The van der Waals surface area contributed by atoms with Gasteiger partial charge in [-0.05, 0) is 61.7 Å². The van der Waals surface area contributed by atoms with Crippen LogP contribution in [0.2, 0.25) is 0 Å². The Bertz CT molecular complexity index is 515. The van der Waals surface area contributed by atoms with Crippen molar-refractivity contribution in [3.05, 3.63) is 22.7 Å². The van der Waals surface area contributed by atoms with Crippen LogP contribution in [0.1, 0.15) is 43.5 Å². The Morgan fingerprint density at radius 2 is 1.89 bits per heavy atom. The SMILES string of the molecule is N#C/C(=C\C12CC3CC(CC(C3)C1)C2)c1nccs1. The van der Waals surface area contributed by atoms with Crippen LogP contribution in [0.5, 0.6) is 0 Å². The first-order valence-electron chi connectivity index (χ1n) is 7.29. The van der Waals surface area contributed by atoms with Crippen molar-refractivity contribution < 1.29 is 0 Å². The maximum atomic E-state index is 9.45. The average Bonchev–Trinajstić information content (AvgIpc) is 2.88. The van der Waals surface area contributed by atoms with E-state index in [1.54, 1.807) is 17.5 Å².